The normalized spacial score (nSPS) is 16.8. The molecule has 5 nitrogen and oxygen atoms in total. The number of hydrogen-bond acceptors (Lipinski definition) is 4. The van der Waals surface area contributed by atoms with Crippen molar-refractivity contribution in [3.05, 3.63) is 0 Å². The summed E-state index contributed by atoms with van der Waals surface area (Å²) >= 11 is 0. The Labute approximate surface area is 97.0 Å². The minimum atomic E-state index is -1.40. The van der Waals surface area contributed by atoms with E-state index in [2.05, 4.69) is 5.32 Å². The summed E-state index contributed by atoms with van der Waals surface area (Å²) in [4.78, 5) is 11.5. The maximum Gasteiger partial charge on any atom is 0.251 e. The molecule has 0 fully saturated rings. The molecule has 0 aromatic carbocycles. The van der Waals surface area contributed by atoms with Crippen molar-refractivity contribution in [3.63, 3.8) is 0 Å². The maximum atomic E-state index is 11.5. The number of aliphatic hydroxyl groups excluding tert-OH is 2. The molecule has 2 atom stereocenters. The maximum absolute atomic E-state index is 11.5. The first-order chi connectivity index (χ1) is 6.94. The highest BCUT2D eigenvalue weighted by Crippen LogP contribution is 2.17. The van der Waals surface area contributed by atoms with Gasteiger partial charge in [0, 0.05) is 11.1 Å². The fourth-order valence-corrected chi connectivity index (χ4v) is 1.81. The molecule has 0 heterocycles. The molecule has 96 valence electrons. The number of hydrogen-bond donors (Lipinski definition) is 4. The van der Waals surface area contributed by atoms with E-state index in [1.807, 2.05) is 27.7 Å². The lowest BCUT2D eigenvalue weighted by Gasteiger charge is -2.34. The number of rotatable bonds is 5. The molecule has 0 aliphatic carbocycles. The zero-order chi connectivity index (χ0) is 13.1. The van der Waals surface area contributed by atoms with Gasteiger partial charge in [-0.15, -0.1) is 0 Å². The van der Waals surface area contributed by atoms with E-state index in [0.717, 1.165) is 0 Å². The lowest BCUT2D eigenvalue weighted by atomic mass is 9.87. The summed E-state index contributed by atoms with van der Waals surface area (Å²) in [6, 6.07) is 0. The molecule has 5 N–H and O–H groups in total. The molecule has 0 aliphatic rings. The Kier molecular flexibility index (Phi) is 4.91. The van der Waals surface area contributed by atoms with Crippen LogP contribution in [0.2, 0.25) is 0 Å². The van der Waals surface area contributed by atoms with Crippen molar-refractivity contribution >= 4 is 5.91 Å². The van der Waals surface area contributed by atoms with E-state index in [4.69, 9.17) is 10.8 Å². The van der Waals surface area contributed by atoms with Crippen LogP contribution in [0.3, 0.4) is 0 Å². The lowest BCUT2D eigenvalue weighted by Crippen LogP contribution is -2.54. The van der Waals surface area contributed by atoms with Gasteiger partial charge in [-0.2, -0.15) is 0 Å². The molecule has 1 amide bonds. The van der Waals surface area contributed by atoms with Crippen LogP contribution in [0, 0.1) is 0 Å². The average Bonchev–Trinajstić information content (AvgIpc) is 1.96. The zero-order valence-corrected chi connectivity index (χ0v) is 10.7. The van der Waals surface area contributed by atoms with Gasteiger partial charge in [0.1, 0.15) is 0 Å². The number of amides is 1. The van der Waals surface area contributed by atoms with E-state index >= 15 is 0 Å². The van der Waals surface area contributed by atoms with E-state index in [1.165, 1.54) is 6.92 Å². The Bertz CT molecular complexity index is 244. The van der Waals surface area contributed by atoms with E-state index in [9.17, 15) is 9.90 Å². The van der Waals surface area contributed by atoms with Gasteiger partial charge in [-0.3, -0.25) is 4.79 Å². The smallest absolute Gasteiger partial charge is 0.251 e. The molecule has 0 saturated heterocycles. The predicted octanol–water partition coefficient (Wildman–Crippen LogP) is -0.250. The molecule has 0 aromatic heterocycles. The summed E-state index contributed by atoms with van der Waals surface area (Å²) in [5.41, 5.74) is 4.94. The number of nitrogens with two attached hydrogens (primary N) is 1. The fraction of sp³-hybridized carbons (Fsp3) is 0.909. The lowest BCUT2D eigenvalue weighted by molar-refractivity contribution is -0.136. The van der Waals surface area contributed by atoms with Gasteiger partial charge in [0.15, 0.2) is 6.10 Å². The van der Waals surface area contributed by atoms with Crippen LogP contribution in [0.15, 0.2) is 0 Å². The fourth-order valence-electron chi connectivity index (χ4n) is 1.81. The highest BCUT2D eigenvalue weighted by atomic mass is 16.3. The summed E-state index contributed by atoms with van der Waals surface area (Å²) in [6.45, 7) is 8.75. The van der Waals surface area contributed by atoms with Gasteiger partial charge in [0.05, 0.1) is 6.10 Å². The highest BCUT2D eigenvalue weighted by molar-refractivity contribution is 5.81. The molecule has 0 saturated carbocycles. The Morgan fingerprint density at radius 1 is 1.31 bits per heavy atom. The van der Waals surface area contributed by atoms with Crippen LogP contribution >= 0.6 is 0 Å². The molecule has 5 heteroatoms. The molecule has 0 aliphatic heterocycles. The van der Waals surface area contributed by atoms with Crippen LogP contribution in [0.5, 0.6) is 0 Å². The molecule has 0 radical (unpaired) electrons. The van der Waals surface area contributed by atoms with Crippen LogP contribution in [-0.4, -0.2) is 39.4 Å². The largest absolute Gasteiger partial charge is 0.390 e. The van der Waals surface area contributed by atoms with Gasteiger partial charge in [-0.05, 0) is 41.0 Å². The van der Waals surface area contributed by atoms with Crippen molar-refractivity contribution in [2.24, 2.45) is 5.73 Å². The van der Waals surface area contributed by atoms with Crippen LogP contribution in [0.4, 0.5) is 0 Å². The molecule has 0 bridgehead atoms. The first-order valence-corrected chi connectivity index (χ1v) is 5.42. The van der Waals surface area contributed by atoms with E-state index in [0.29, 0.717) is 6.42 Å². The van der Waals surface area contributed by atoms with Crippen molar-refractivity contribution in [1.29, 1.82) is 0 Å². The monoisotopic (exact) mass is 232 g/mol. The van der Waals surface area contributed by atoms with Crippen LogP contribution in [0.1, 0.15) is 41.0 Å². The Hall–Kier alpha value is -0.650. The summed E-state index contributed by atoms with van der Waals surface area (Å²) in [7, 11) is 0. The van der Waals surface area contributed by atoms with Gasteiger partial charge < -0.3 is 21.3 Å². The summed E-state index contributed by atoms with van der Waals surface area (Å²) < 4.78 is 0. The quantitative estimate of drug-likeness (QED) is 0.525. The molecule has 0 spiro atoms. The zero-order valence-electron chi connectivity index (χ0n) is 10.7. The highest BCUT2D eigenvalue weighted by Gasteiger charge is 2.30. The summed E-state index contributed by atoms with van der Waals surface area (Å²) in [6.07, 6.45) is -1.92. The third-order valence-electron chi connectivity index (χ3n) is 2.08. The molecule has 0 rings (SSSR count). The second-order valence-electron chi connectivity index (χ2n) is 5.72. The molecular formula is C11H24N2O3. The number of nitrogens with one attached hydrogen (secondary N) is 1. The minimum Gasteiger partial charge on any atom is -0.390 e. The van der Waals surface area contributed by atoms with Gasteiger partial charge in [-0.1, -0.05) is 0 Å². The van der Waals surface area contributed by atoms with Gasteiger partial charge in [-0.25, -0.2) is 0 Å². The van der Waals surface area contributed by atoms with Gasteiger partial charge in [0.25, 0.3) is 5.91 Å². The van der Waals surface area contributed by atoms with E-state index in [1.54, 1.807) is 0 Å². The SMILES string of the molecule is CC(O)C(O)C(=O)NC(C)(C)CC(C)(C)N. The van der Waals surface area contributed by atoms with Gasteiger partial charge in [0.2, 0.25) is 0 Å². The Morgan fingerprint density at radius 3 is 2.06 bits per heavy atom. The van der Waals surface area contributed by atoms with Crippen LogP contribution in [0.25, 0.3) is 0 Å². The number of aliphatic hydroxyl groups is 2. The van der Waals surface area contributed by atoms with E-state index < -0.39 is 29.2 Å². The van der Waals surface area contributed by atoms with E-state index in [-0.39, 0.29) is 0 Å². The average molecular weight is 232 g/mol. The summed E-state index contributed by atoms with van der Waals surface area (Å²) in [5, 5.41) is 21.1. The van der Waals surface area contributed by atoms with Crippen LogP contribution in [-0.2, 0) is 4.79 Å². The van der Waals surface area contributed by atoms with Crippen molar-refractivity contribution in [2.75, 3.05) is 0 Å². The predicted molar refractivity (Wildman–Crippen MR) is 62.8 cm³/mol. The topological polar surface area (TPSA) is 95.6 Å². The van der Waals surface area contributed by atoms with Crippen molar-refractivity contribution in [3.8, 4) is 0 Å². The molecule has 0 aromatic rings. The van der Waals surface area contributed by atoms with Crippen molar-refractivity contribution in [2.45, 2.75) is 64.3 Å². The third-order valence-corrected chi connectivity index (χ3v) is 2.08. The Balaban J connectivity index is 4.42. The Morgan fingerprint density at radius 2 is 1.75 bits per heavy atom. The first kappa shape index (κ1) is 15.3. The van der Waals surface area contributed by atoms with Crippen molar-refractivity contribution < 1.29 is 15.0 Å². The summed E-state index contributed by atoms with van der Waals surface area (Å²) in [5.74, 6) is -0.579. The second-order valence-corrected chi connectivity index (χ2v) is 5.72. The van der Waals surface area contributed by atoms with Crippen LogP contribution < -0.4 is 11.1 Å². The second kappa shape index (κ2) is 5.12. The number of carbonyl (C=O) groups excluding carboxylic acids is 1. The number of carbonyl (C=O) groups is 1. The first-order valence-electron chi connectivity index (χ1n) is 5.42. The molecule has 2 unspecified atom stereocenters. The van der Waals surface area contributed by atoms with Crippen molar-refractivity contribution in [1.82, 2.24) is 5.32 Å². The molecule has 16 heavy (non-hydrogen) atoms. The molecular weight excluding hydrogens is 208 g/mol. The standard InChI is InChI=1S/C11H24N2O3/c1-7(14)8(15)9(16)13-11(4,5)6-10(2,3)12/h7-8,14-15H,6,12H2,1-5H3,(H,13,16). The van der Waals surface area contributed by atoms with Gasteiger partial charge >= 0.3 is 0 Å². The minimum absolute atomic E-state index is 0.410. The third kappa shape index (κ3) is 6.05.